The van der Waals surface area contributed by atoms with Crippen LogP contribution in [0, 0.1) is 5.82 Å². The Bertz CT molecular complexity index is 1090. The van der Waals surface area contributed by atoms with Crippen molar-refractivity contribution in [2.75, 3.05) is 0 Å². The van der Waals surface area contributed by atoms with Crippen LogP contribution in [0.3, 0.4) is 0 Å². The van der Waals surface area contributed by atoms with Gasteiger partial charge in [0.25, 0.3) is 5.56 Å². The monoisotopic (exact) mass is 348 g/mol. The minimum atomic E-state index is -0.372. The van der Waals surface area contributed by atoms with Gasteiger partial charge in [0.05, 0.1) is 17.0 Å². The summed E-state index contributed by atoms with van der Waals surface area (Å²) in [5.74, 6) is 0.230. The molecular formula is C19H13FN4O2. The van der Waals surface area contributed by atoms with Gasteiger partial charge in [-0.1, -0.05) is 30.3 Å². The fourth-order valence-electron chi connectivity index (χ4n) is 2.57. The second kappa shape index (κ2) is 6.64. The zero-order valence-corrected chi connectivity index (χ0v) is 13.4. The molecule has 4 rings (SSSR count). The number of rotatable bonds is 4. The maximum atomic E-state index is 13.2. The van der Waals surface area contributed by atoms with Gasteiger partial charge in [-0.2, -0.15) is 4.98 Å². The lowest BCUT2D eigenvalue weighted by Gasteiger charge is -2.06. The van der Waals surface area contributed by atoms with Gasteiger partial charge in [-0.3, -0.25) is 15.0 Å². The van der Waals surface area contributed by atoms with E-state index in [-0.39, 0.29) is 17.4 Å². The molecule has 4 aromatic rings. The maximum Gasteiger partial charge on any atom is 0.322 e. The standard InChI is InChI=1S/C19H13FN4O2/c20-13-8-6-12(7-9-13)16-17(23-24-18(16)25)15-10-11-21-19(22-15)26-14-4-2-1-3-5-14/h1-11H,(H2,23,24,25). The van der Waals surface area contributed by atoms with Gasteiger partial charge in [-0.15, -0.1) is 0 Å². The highest BCUT2D eigenvalue weighted by molar-refractivity contribution is 5.78. The number of nitrogens with zero attached hydrogens (tertiary/aromatic N) is 2. The second-order valence-corrected chi connectivity index (χ2v) is 5.48. The summed E-state index contributed by atoms with van der Waals surface area (Å²) in [4.78, 5) is 20.7. The van der Waals surface area contributed by atoms with Crippen molar-refractivity contribution in [3.8, 4) is 34.3 Å². The fraction of sp³-hybridized carbons (Fsp3) is 0. The SMILES string of the molecule is O=c1[nH][nH]c(-c2ccnc(Oc3ccccc3)n2)c1-c1ccc(F)cc1. The van der Waals surface area contributed by atoms with Gasteiger partial charge in [0.1, 0.15) is 11.6 Å². The molecule has 0 unspecified atom stereocenters. The molecule has 128 valence electrons. The first-order valence-corrected chi connectivity index (χ1v) is 7.83. The van der Waals surface area contributed by atoms with Crippen molar-refractivity contribution in [3.63, 3.8) is 0 Å². The van der Waals surface area contributed by atoms with E-state index in [2.05, 4.69) is 20.2 Å². The van der Waals surface area contributed by atoms with Gasteiger partial charge in [0.2, 0.25) is 0 Å². The summed E-state index contributed by atoms with van der Waals surface area (Å²) in [6.45, 7) is 0. The Morgan fingerprint density at radius 2 is 1.69 bits per heavy atom. The number of nitrogens with one attached hydrogen (secondary N) is 2. The Hall–Kier alpha value is -3.74. The minimum absolute atomic E-state index is 0.154. The van der Waals surface area contributed by atoms with E-state index in [0.29, 0.717) is 28.3 Å². The fourth-order valence-corrected chi connectivity index (χ4v) is 2.57. The van der Waals surface area contributed by atoms with E-state index >= 15 is 0 Å². The summed E-state index contributed by atoms with van der Waals surface area (Å²) in [5.41, 5.74) is 1.57. The lowest BCUT2D eigenvalue weighted by Crippen LogP contribution is -2.02. The Morgan fingerprint density at radius 1 is 0.923 bits per heavy atom. The van der Waals surface area contributed by atoms with Crippen LogP contribution in [0.5, 0.6) is 11.8 Å². The highest BCUT2D eigenvalue weighted by Gasteiger charge is 2.16. The highest BCUT2D eigenvalue weighted by atomic mass is 19.1. The van der Waals surface area contributed by atoms with Crippen molar-refractivity contribution < 1.29 is 9.13 Å². The molecule has 0 aliphatic heterocycles. The number of ether oxygens (including phenoxy) is 1. The Labute approximate surface area is 147 Å². The molecule has 0 bridgehead atoms. The van der Waals surface area contributed by atoms with Gasteiger partial charge in [0, 0.05) is 6.20 Å². The second-order valence-electron chi connectivity index (χ2n) is 5.48. The van der Waals surface area contributed by atoms with Crippen molar-refractivity contribution >= 4 is 0 Å². The molecule has 2 heterocycles. The minimum Gasteiger partial charge on any atom is -0.424 e. The van der Waals surface area contributed by atoms with Gasteiger partial charge in [-0.25, -0.2) is 9.37 Å². The van der Waals surface area contributed by atoms with Crippen LogP contribution in [0.2, 0.25) is 0 Å². The summed E-state index contributed by atoms with van der Waals surface area (Å²) in [7, 11) is 0. The van der Waals surface area contributed by atoms with Crippen LogP contribution in [0.15, 0.2) is 71.7 Å². The molecule has 0 aliphatic rings. The normalized spacial score (nSPS) is 10.7. The van der Waals surface area contributed by atoms with Crippen LogP contribution in [0.25, 0.3) is 22.5 Å². The van der Waals surface area contributed by atoms with E-state index in [1.807, 2.05) is 18.2 Å². The summed E-state index contributed by atoms with van der Waals surface area (Å²) in [5, 5.41) is 5.36. The maximum absolute atomic E-state index is 13.2. The molecule has 7 heteroatoms. The topological polar surface area (TPSA) is 83.7 Å². The third kappa shape index (κ3) is 3.10. The molecule has 0 saturated carbocycles. The first-order chi connectivity index (χ1) is 12.7. The van der Waals surface area contributed by atoms with Gasteiger partial charge >= 0.3 is 6.01 Å². The molecule has 26 heavy (non-hydrogen) atoms. The molecule has 0 aliphatic carbocycles. The molecule has 0 spiro atoms. The molecule has 2 aromatic carbocycles. The van der Waals surface area contributed by atoms with Crippen LogP contribution in [-0.4, -0.2) is 20.2 Å². The smallest absolute Gasteiger partial charge is 0.322 e. The number of benzene rings is 2. The number of aromatic nitrogens is 4. The Morgan fingerprint density at radius 3 is 2.46 bits per heavy atom. The van der Waals surface area contributed by atoms with E-state index in [1.54, 1.807) is 36.5 Å². The van der Waals surface area contributed by atoms with Crippen molar-refractivity contribution in [3.05, 3.63) is 83.0 Å². The van der Waals surface area contributed by atoms with Crippen LogP contribution in [0.4, 0.5) is 4.39 Å². The number of halogens is 1. The number of para-hydroxylation sites is 1. The van der Waals surface area contributed by atoms with Gasteiger partial charge in [-0.05, 0) is 35.9 Å². The summed E-state index contributed by atoms with van der Waals surface area (Å²) in [6.07, 6.45) is 1.54. The first-order valence-electron chi connectivity index (χ1n) is 7.83. The van der Waals surface area contributed by atoms with E-state index in [4.69, 9.17) is 4.74 Å². The number of hydrogen-bond donors (Lipinski definition) is 2. The van der Waals surface area contributed by atoms with Crippen LogP contribution < -0.4 is 10.3 Å². The quantitative estimate of drug-likeness (QED) is 0.588. The zero-order valence-electron chi connectivity index (χ0n) is 13.4. The lowest BCUT2D eigenvalue weighted by atomic mass is 10.0. The van der Waals surface area contributed by atoms with Crippen LogP contribution in [0.1, 0.15) is 0 Å². The van der Waals surface area contributed by atoms with E-state index in [9.17, 15) is 9.18 Å². The number of aromatic amines is 2. The Balaban J connectivity index is 1.74. The predicted molar refractivity (Wildman–Crippen MR) is 94.3 cm³/mol. The molecule has 0 saturated heterocycles. The molecule has 2 N–H and O–H groups in total. The van der Waals surface area contributed by atoms with Crippen LogP contribution >= 0.6 is 0 Å². The van der Waals surface area contributed by atoms with E-state index < -0.39 is 0 Å². The van der Waals surface area contributed by atoms with Gasteiger partial charge < -0.3 is 4.74 Å². The zero-order chi connectivity index (χ0) is 17.9. The highest BCUT2D eigenvalue weighted by Crippen LogP contribution is 2.27. The lowest BCUT2D eigenvalue weighted by molar-refractivity contribution is 0.442. The predicted octanol–water partition coefficient (Wildman–Crippen LogP) is 3.76. The molecule has 0 radical (unpaired) electrons. The van der Waals surface area contributed by atoms with E-state index in [0.717, 1.165) is 0 Å². The summed E-state index contributed by atoms with van der Waals surface area (Å²) < 4.78 is 18.8. The van der Waals surface area contributed by atoms with Crippen molar-refractivity contribution in [1.82, 2.24) is 20.2 Å². The van der Waals surface area contributed by atoms with Crippen molar-refractivity contribution in [2.24, 2.45) is 0 Å². The average Bonchev–Trinajstić information content (AvgIpc) is 3.05. The summed E-state index contributed by atoms with van der Waals surface area (Å²) in [6, 6.07) is 16.6. The summed E-state index contributed by atoms with van der Waals surface area (Å²) >= 11 is 0. The largest absolute Gasteiger partial charge is 0.424 e. The Kier molecular flexibility index (Phi) is 4.03. The third-order valence-electron chi connectivity index (χ3n) is 3.75. The van der Waals surface area contributed by atoms with E-state index in [1.165, 1.54) is 12.1 Å². The third-order valence-corrected chi connectivity index (χ3v) is 3.75. The van der Waals surface area contributed by atoms with Gasteiger partial charge in [0.15, 0.2) is 0 Å². The molecule has 2 aromatic heterocycles. The average molecular weight is 348 g/mol. The first kappa shape index (κ1) is 15.8. The molecule has 0 amide bonds. The number of H-pyrrole nitrogens is 2. The molecule has 0 atom stereocenters. The molecule has 6 nitrogen and oxygen atoms in total. The van der Waals surface area contributed by atoms with Crippen LogP contribution in [-0.2, 0) is 0 Å². The molecular weight excluding hydrogens is 335 g/mol. The molecule has 0 fully saturated rings. The van der Waals surface area contributed by atoms with Crippen molar-refractivity contribution in [1.29, 1.82) is 0 Å². The van der Waals surface area contributed by atoms with Crippen molar-refractivity contribution in [2.45, 2.75) is 0 Å². The number of hydrogen-bond acceptors (Lipinski definition) is 4.